The van der Waals surface area contributed by atoms with Crippen molar-refractivity contribution in [2.75, 3.05) is 0 Å². The van der Waals surface area contributed by atoms with E-state index < -0.39 is 5.97 Å². The zero-order valence-electron chi connectivity index (χ0n) is 16.6. The van der Waals surface area contributed by atoms with Crippen LogP contribution < -0.4 is 0 Å². The van der Waals surface area contributed by atoms with Crippen molar-refractivity contribution in [3.05, 3.63) is 114 Å². The molecule has 0 unspecified atom stereocenters. The molecule has 6 heteroatoms. The van der Waals surface area contributed by atoms with Crippen molar-refractivity contribution in [1.29, 1.82) is 0 Å². The lowest BCUT2D eigenvalue weighted by Crippen LogP contribution is -1.96. The first-order valence-corrected chi connectivity index (χ1v) is 9.42. The molecule has 0 saturated heterocycles. The lowest BCUT2D eigenvalue weighted by atomic mass is 10.1. The topological polar surface area (TPSA) is 85.5 Å². The highest BCUT2D eigenvalue weighted by Gasteiger charge is 2.13. The molecule has 0 radical (unpaired) electrons. The molecular weight excluding hydrogens is 380 g/mol. The van der Waals surface area contributed by atoms with Crippen LogP contribution in [0.2, 0.25) is 0 Å². The van der Waals surface area contributed by atoms with E-state index in [0.29, 0.717) is 24.0 Å². The van der Waals surface area contributed by atoms with Gasteiger partial charge in [-0.15, -0.1) is 10.2 Å². The molecule has 1 aromatic carbocycles. The summed E-state index contributed by atoms with van der Waals surface area (Å²) in [6.45, 7) is 5.51. The fourth-order valence-corrected chi connectivity index (χ4v) is 2.71. The summed E-state index contributed by atoms with van der Waals surface area (Å²) in [5, 5.41) is 17.2. The summed E-state index contributed by atoms with van der Waals surface area (Å²) in [6.07, 6.45) is 16.1. The molecule has 0 aliphatic heterocycles. The summed E-state index contributed by atoms with van der Waals surface area (Å²) in [5.74, 6) is 1.32. The van der Waals surface area contributed by atoms with Crippen molar-refractivity contribution in [3.63, 3.8) is 0 Å². The summed E-state index contributed by atoms with van der Waals surface area (Å²) in [7, 11) is 0. The highest BCUT2D eigenvalue weighted by molar-refractivity contribution is 5.87. The van der Waals surface area contributed by atoms with Gasteiger partial charge >= 0.3 is 5.97 Å². The number of hydrogen-bond donors (Lipinski definition) is 1. The van der Waals surface area contributed by atoms with Crippen LogP contribution in [0.25, 0.3) is 5.57 Å². The van der Waals surface area contributed by atoms with E-state index in [4.69, 9.17) is 14.3 Å². The molecule has 6 nitrogen and oxygen atoms in total. The van der Waals surface area contributed by atoms with Crippen LogP contribution in [0.4, 0.5) is 0 Å². The maximum atomic E-state index is 11.0. The first-order valence-electron chi connectivity index (χ1n) is 9.42. The minimum absolute atomic E-state index is 0.238. The number of nitrogens with zero attached hydrogens (tertiary/aromatic N) is 2. The second-order valence-corrected chi connectivity index (χ2v) is 6.52. The number of allylic oxidation sites excluding steroid dienone is 10. The van der Waals surface area contributed by atoms with E-state index in [9.17, 15) is 4.79 Å². The normalized spacial score (nSPS) is 14.2. The van der Waals surface area contributed by atoms with Gasteiger partial charge in [0.2, 0.25) is 11.8 Å². The Balaban J connectivity index is 1.72. The van der Waals surface area contributed by atoms with Gasteiger partial charge in [0.25, 0.3) is 0 Å². The molecule has 1 N–H and O–H groups in total. The number of carboxylic acids is 1. The molecule has 0 fully saturated rings. The third kappa shape index (κ3) is 5.78. The van der Waals surface area contributed by atoms with Gasteiger partial charge < -0.3 is 14.3 Å². The van der Waals surface area contributed by atoms with E-state index in [2.05, 4.69) is 16.8 Å². The van der Waals surface area contributed by atoms with Gasteiger partial charge in [0.1, 0.15) is 11.5 Å². The van der Waals surface area contributed by atoms with Gasteiger partial charge in [-0.3, -0.25) is 0 Å². The third-order valence-corrected chi connectivity index (χ3v) is 4.18. The number of aromatic nitrogens is 2. The number of hydrogen-bond acceptors (Lipinski definition) is 5. The number of rotatable bonds is 8. The minimum atomic E-state index is -0.957. The van der Waals surface area contributed by atoms with Crippen molar-refractivity contribution in [1.82, 2.24) is 10.2 Å². The molecule has 0 atom stereocenters. The summed E-state index contributed by atoms with van der Waals surface area (Å²) in [4.78, 5) is 11.0. The second-order valence-electron chi connectivity index (χ2n) is 6.52. The first-order chi connectivity index (χ1) is 14.5. The van der Waals surface area contributed by atoms with Crippen molar-refractivity contribution in [2.45, 2.75) is 19.8 Å². The molecule has 152 valence electrons. The smallest absolute Gasteiger partial charge is 0.335 e. The van der Waals surface area contributed by atoms with Crippen LogP contribution in [0, 0.1) is 0 Å². The van der Waals surface area contributed by atoms with E-state index in [1.54, 1.807) is 30.3 Å². The van der Waals surface area contributed by atoms with E-state index in [0.717, 1.165) is 23.3 Å². The third-order valence-electron chi connectivity index (χ3n) is 4.18. The van der Waals surface area contributed by atoms with Gasteiger partial charge in [-0.05, 0) is 49.3 Å². The Morgan fingerprint density at radius 1 is 1.27 bits per heavy atom. The number of carboxylic acid groups (broad SMARTS) is 1. The molecule has 3 rings (SSSR count). The van der Waals surface area contributed by atoms with Gasteiger partial charge in [0.15, 0.2) is 0 Å². The fraction of sp³-hybridized carbons (Fsp3) is 0.125. The molecule has 1 heterocycles. The van der Waals surface area contributed by atoms with Gasteiger partial charge in [-0.25, -0.2) is 4.79 Å². The first kappa shape index (κ1) is 20.8. The van der Waals surface area contributed by atoms with Crippen LogP contribution in [0.5, 0.6) is 0 Å². The van der Waals surface area contributed by atoms with Crippen LogP contribution in [-0.2, 0) is 11.2 Å². The summed E-state index contributed by atoms with van der Waals surface area (Å²) in [6, 6.07) is 6.59. The maximum Gasteiger partial charge on any atom is 0.335 e. The van der Waals surface area contributed by atoms with Crippen LogP contribution >= 0.6 is 0 Å². The van der Waals surface area contributed by atoms with Crippen molar-refractivity contribution in [3.8, 4) is 0 Å². The quantitative estimate of drug-likeness (QED) is 0.479. The molecular formula is C24H22N2O4. The van der Waals surface area contributed by atoms with Gasteiger partial charge in [-0.1, -0.05) is 49.1 Å². The van der Waals surface area contributed by atoms with Crippen LogP contribution in [-0.4, -0.2) is 21.3 Å². The second kappa shape index (κ2) is 10.0. The number of aromatic carboxylic acids is 1. The Morgan fingerprint density at radius 2 is 2.07 bits per heavy atom. The zero-order chi connectivity index (χ0) is 21.3. The van der Waals surface area contributed by atoms with E-state index >= 15 is 0 Å². The Hall–Kier alpha value is -3.93. The van der Waals surface area contributed by atoms with Gasteiger partial charge in [-0.2, -0.15) is 0 Å². The zero-order valence-corrected chi connectivity index (χ0v) is 16.6. The standard InChI is InChI=1S/C24H22N2O4/c1-3-4-5-8-17(2)29-21-10-7-6-9-20(16-21)23-26-25-22(30-23)15-18-11-13-19(14-12-18)24(27)28/h3-6,8-14,16H,1,7,15H2,2H3,(H,27,28)/b5-4-,17-8+. The predicted octanol–water partition coefficient (Wildman–Crippen LogP) is 5.25. The lowest BCUT2D eigenvalue weighted by Gasteiger charge is -2.06. The van der Waals surface area contributed by atoms with Gasteiger partial charge in [0, 0.05) is 5.57 Å². The Kier molecular flexibility index (Phi) is 6.95. The molecule has 0 saturated carbocycles. The average Bonchev–Trinajstić information content (AvgIpc) is 3.06. The Labute approximate surface area is 174 Å². The number of ether oxygens (including phenoxy) is 1. The lowest BCUT2D eigenvalue weighted by molar-refractivity contribution is 0.0697. The monoisotopic (exact) mass is 402 g/mol. The van der Waals surface area contributed by atoms with E-state index in [-0.39, 0.29) is 5.56 Å². The predicted molar refractivity (Wildman–Crippen MR) is 115 cm³/mol. The summed E-state index contributed by atoms with van der Waals surface area (Å²) >= 11 is 0. The highest BCUT2D eigenvalue weighted by Crippen LogP contribution is 2.23. The molecule has 1 aromatic heterocycles. The molecule has 1 aliphatic carbocycles. The van der Waals surface area contributed by atoms with E-state index in [1.165, 1.54) is 0 Å². The number of carbonyl (C=O) groups is 1. The molecule has 0 amide bonds. The summed E-state index contributed by atoms with van der Waals surface area (Å²) in [5.41, 5.74) is 1.88. The van der Waals surface area contributed by atoms with Crippen LogP contribution in [0.15, 0.2) is 95.4 Å². The van der Waals surface area contributed by atoms with Crippen LogP contribution in [0.3, 0.4) is 0 Å². The van der Waals surface area contributed by atoms with Gasteiger partial charge in [0.05, 0.1) is 12.0 Å². The van der Waals surface area contributed by atoms with Crippen molar-refractivity contribution < 1.29 is 19.1 Å². The van der Waals surface area contributed by atoms with Crippen molar-refractivity contribution >= 4 is 11.5 Å². The summed E-state index contributed by atoms with van der Waals surface area (Å²) < 4.78 is 11.7. The van der Waals surface area contributed by atoms with Crippen LogP contribution in [0.1, 0.15) is 41.0 Å². The molecule has 1 aliphatic rings. The maximum absolute atomic E-state index is 11.0. The SMILES string of the molecule is C=C/C=C\C=C(/C)OC1=CCC=CC(c2nnc(Cc3ccc(C(=O)O)cc3)o2)=C1. The Morgan fingerprint density at radius 3 is 2.80 bits per heavy atom. The highest BCUT2D eigenvalue weighted by atomic mass is 16.5. The van der Waals surface area contributed by atoms with Crippen molar-refractivity contribution in [2.24, 2.45) is 0 Å². The average molecular weight is 402 g/mol. The largest absolute Gasteiger partial charge is 0.478 e. The molecule has 30 heavy (non-hydrogen) atoms. The fourth-order valence-electron chi connectivity index (χ4n) is 2.71. The Bertz CT molecular complexity index is 1070. The van der Waals surface area contributed by atoms with E-state index in [1.807, 2.05) is 49.5 Å². The minimum Gasteiger partial charge on any atom is -0.478 e. The number of benzene rings is 1. The molecule has 0 spiro atoms. The molecule has 2 aromatic rings. The molecule has 0 bridgehead atoms.